The third kappa shape index (κ3) is 4.32. The van der Waals surface area contributed by atoms with Crippen LogP contribution in [0.2, 0.25) is 0 Å². The lowest BCUT2D eigenvalue weighted by Gasteiger charge is -2.21. The molecule has 146 valence electrons. The van der Waals surface area contributed by atoms with E-state index in [2.05, 4.69) is 10.4 Å². The summed E-state index contributed by atoms with van der Waals surface area (Å²) in [5, 5.41) is 7.75. The van der Waals surface area contributed by atoms with Crippen LogP contribution in [-0.4, -0.2) is 30.6 Å². The number of para-hydroxylation sites is 1. The number of amides is 1. The van der Waals surface area contributed by atoms with E-state index in [0.717, 1.165) is 10.2 Å². The first kappa shape index (κ1) is 18.4. The van der Waals surface area contributed by atoms with Gasteiger partial charge in [0.05, 0.1) is 18.5 Å². The molecule has 0 saturated heterocycles. The molecule has 1 amide bonds. The fourth-order valence-electron chi connectivity index (χ4n) is 2.96. The number of tetrazole rings is 1. The average molecular weight is 389 g/mol. The van der Waals surface area contributed by atoms with Crippen molar-refractivity contribution in [3.8, 4) is 5.69 Å². The summed E-state index contributed by atoms with van der Waals surface area (Å²) in [6.07, 6.45) is 1.57. The van der Waals surface area contributed by atoms with Gasteiger partial charge in [0.15, 0.2) is 0 Å². The Bertz CT molecular complexity index is 1120. The summed E-state index contributed by atoms with van der Waals surface area (Å²) in [7, 11) is 0. The van der Waals surface area contributed by atoms with Gasteiger partial charge in [-0.05, 0) is 40.3 Å². The van der Waals surface area contributed by atoms with Crippen LogP contribution in [-0.2, 0) is 24.4 Å². The summed E-state index contributed by atoms with van der Waals surface area (Å²) in [5.41, 5.74) is 1.10. The largest absolute Gasteiger partial charge is 0.467 e. The molecule has 29 heavy (non-hydrogen) atoms. The highest BCUT2D eigenvalue weighted by Crippen LogP contribution is 2.11. The quantitative estimate of drug-likeness (QED) is 0.484. The highest BCUT2D eigenvalue weighted by atomic mass is 16.3. The molecule has 8 nitrogen and oxygen atoms in total. The number of aromatic nitrogens is 4. The molecule has 0 fully saturated rings. The van der Waals surface area contributed by atoms with Crippen LogP contribution in [0.25, 0.3) is 5.69 Å². The Kier molecular flexibility index (Phi) is 5.33. The van der Waals surface area contributed by atoms with E-state index < -0.39 is 5.69 Å². The standard InChI is InChI=1S/C21H19N5O3/c27-20(16-25-21(28)26(23-22-25)18-10-5-2-6-11-18)24(15-19-12-7-13-29-19)14-17-8-3-1-4-9-17/h1-13H,14-16H2. The molecule has 2 heterocycles. The van der Waals surface area contributed by atoms with Gasteiger partial charge in [0, 0.05) is 6.54 Å². The fraction of sp³-hybridized carbons (Fsp3) is 0.143. The summed E-state index contributed by atoms with van der Waals surface area (Å²) in [5.74, 6) is 0.405. The molecule has 4 aromatic rings. The van der Waals surface area contributed by atoms with E-state index in [-0.39, 0.29) is 12.5 Å². The van der Waals surface area contributed by atoms with Crippen LogP contribution in [0.3, 0.4) is 0 Å². The van der Waals surface area contributed by atoms with Gasteiger partial charge in [0.1, 0.15) is 12.3 Å². The van der Waals surface area contributed by atoms with Crippen LogP contribution in [0, 0.1) is 0 Å². The zero-order valence-corrected chi connectivity index (χ0v) is 15.6. The van der Waals surface area contributed by atoms with Crippen molar-refractivity contribution in [3.63, 3.8) is 0 Å². The van der Waals surface area contributed by atoms with Gasteiger partial charge < -0.3 is 9.32 Å². The predicted octanol–water partition coefficient (Wildman–Crippen LogP) is 2.25. The molecule has 0 bridgehead atoms. The average Bonchev–Trinajstić information content (AvgIpc) is 3.39. The maximum absolute atomic E-state index is 13.0. The maximum Gasteiger partial charge on any atom is 0.368 e. The number of rotatable bonds is 7. The Labute approximate surface area is 166 Å². The van der Waals surface area contributed by atoms with Crippen LogP contribution in [0.5, 0.6) is 0 Å². The lowest BCUT2D eigenvalue weighted by Crippen LogP contribution is -2.36. The van der Waals surface area contributed by atoms with Crippen LogP contribution >= 0.6 is 0 Å². The molecule has 0 spiro atoms. The van der Waals surface area contributed by atoms with Crippen molar-refractivity contribution in [3.05, 3.63) is 101 Å². The minimum atomic E-state index is -0.470. The smallest absolute Gasteiger partial charge is 0.368 e. The normalized spacial score (nSPS) is 10.8. The van der Waals surface area contributed by atoms with Gasteiger partial charge in [0.25, 0.3) is 0 Å². The Morgan fingerprint density at radius 1 is 0.897 bits per heavy atom. The number of hydrogen-bond donors (Lipinski definition) is 0. The molecule has 8 heteroatoms. The first-order valence-electron chi connectivity index (χ1n) is 9.13. The van der Waals surface area contributed by atoms with Gasteiger partial charge in [-0.25, -0.2) is 4.79 Å². The van der Waals surface area contributed by atoms with Crippen LogP contribution in [0.4, 0.5) is 0 Å². The molecule has 0 unspecified atom stereocenters. The van der Waals surface area contributed by atoms with E-state index in [1.54, 1.807) is 41.5 Å². The van der Waals surface area contributed by atoms with Crippen molar-refractivity contribution in [2.24, 2.45) is 0 Å². The van der Waals surface area contributed by atoms with E-state index in [1.807, 2.05) is 42.5 Å². The first-order valence-corrected chi connectivity index (χ1v) is 9.13. The van der Waals surface area contributed by atoms with Crippen LogP contribution in [0.15, 0.2) is 88.3 Å². The molecule has 0 saturated carbocycles. The second-order valence-electron chi connectivity index (χ2n) is 6.48. The van der Waals surface area contributed by atoms with Crippen molar-refractivity contribution in [2.75, 3.05) is 0 Å². The molecular weight excluding hydrogens is 370 g/mol. The number of carbonyl (C=O) groups is 1. The summed E-state index contributed by atoms with van der Waals surface area (Å²) in [6, 6.07) is 22.2. The number of hydrogen-bond acceptors (Lipinski definition) is 5. The zero-order valence-electron chi connectivity index (χ0n) is 15.6. The number of furan rings is 1. The third-order valence-corrected chi connectivity index (χ3v) is 4.42. The van der Waals surface area contributed by atoms with Gasteiger partial charge in [-0.2, -0.15) is 9.36 Å². The monoisotopic (exact) mass is 389 g/mol. The molecule has 0 aliphatic heterocycles. The van der Waals surface area contributed by atoms with Crippen molar-refractivity contribution in [1.29, 1.82) is 0 Å². The Morgan fingerprint density at radius 3 is 2.31 bits per heavy atom. The van der Waals surface area contributed by atoms with Crippen molar-refractivity contribution in [2.45, 2.75) is 19.6 Å². The zero-order chi connectivity index (χ0) is 20.1. The van der Waals surface area contributed by atoms with Crippen molar-refractivity contribution in [1.82, 2.24) is 24.7 Å². The van der Waals surface area contributed by atoms with E-state index in [1.165, 1.54) is 4.68 Å². The molecule has 2 aromatic heterocycles. The second-order valence-corrected chi connectivity index (χ2v) is 6.48. The summed E-state index contributed by atoms with van der Waals surface area (Å²) in [4.78, 5) is 27.2. The summed E-state index contributed by atoms with van der Waals surface area (Å²) >= 11 is 0. The van der Waals surface area contributed by atoms with E-state index in [4.69, 9.17) is 4.42 Å². The third-order valence-electron chi connectivity index (χ3n) is 4.42. The van der Waals surface area contributed by atoms with E-state index in [9.17, 15) is 9.59 Å². The maximum atomic E-state index is 13.0. The fourth-order valence-corrected chi connectivity index (χ4v) is 2.96. The number of benzene rings is 2. The van der Waals surface area contributed by atoms with Gasteiger partial charge in [-0.1, -0.05) is 48.5 Å². The first-order chi connectivity index (χ1) is 14.2. The number of nitrogens with zero attached hydrogens (tertiary/aromatic N) is 5. The lowest BCUT2D eigenvalue weighted by molar-refractivity contribution is -0.133. The van der Waals surface area contributed by atoms with Crippen LogP contribution < -0.4 is 5.69 Å². The topological polar surface area (TPSA) is 86.2 Å². The molecule has 4 rings (SSSR count). The molecule has 0 atom stereocenters. The van der Waals surface area contributed by atoms with Gasteiger partial charge in [0.2, 0.25) is 5.91 Å². The molecule has 0 N–H and O–H groups in total. The Balaban J connectivity index is 1.55. The van der Waals surface area contributed by atoms with Crippen molar-refractivity contribution < 1.29 is 9.21 Å². The molecule has 0 radical (unpaired) electrons. The highest BCUT2D eigenvalue weighted by Gasteiger charge is 2.19. The Hall–Kier alpha value is -3.94. The van der Waals surface area contributed by atoms with Gasteiger partial charge in [-0.15, -0.1) is 0 Å². The van der Waals surface area contributed by atoms with Crippen LogP contribution in [0.1, 0.15) is 11.3 Å². The number of carbonyl (C=O) groups excluding carboxylic acids is 1. The predicted molar refractivity (Wildman–Crippen MR) is 105 cm³/mol. The molecular formula is C21H19N5O3. The molecule has 2 aromatic carbocycles. The Morgan fingerprint density at radius 2 is 1.62 bits per heavy atom. The minimum Gasteiger partial charge on any atom is -0.467 e. The van der Waals surface area contributed by atoms with Gasteiger partial charge in [-0.3, -0.25) is 4.79 Å². The highest BCUT2D eigenvalue weighted by molar-refractivity contribution is 5.75. The summed E-state index contributed by atoms with van der Waals surface area (Å²) < 4.78 is 7.63. The van der Waals surface area contributed by atoms with Crippen molar-refractivity contribution >= 4 is 5.91 Å². The molecule has 0 aliphatic rings. The minimum absolute atomic E-state index is 0.209. The SMILES string of the molecule is O=C(Cn1nnn(-c2ccccc2)c1=O)N(Cc1ccccc1)Cc1ccco1. The second kappa shape index (κ2) is 8.39. The molecule has 0 aliphatic carbocycles. The van der Waals surface area contributed by atoms with Gasteiger partial charge >= 0.3 is 5.69 Å². The van der Waals surface area contributed by atoms with E-state index in [0.29, 0.717) is 24.5 Å². The van der Waals surface area contributed by atoms with E-state index >= 15 is 0 Å². The summed E-state index contributed by atoms with van der Waals surface area (Å²) in [6.45, 7) is 0.476. The lowest BCUT2D eigenvalue weighted by atomic mass is 10.2.